The molecule has 1 unspecified atom stereocenters. The Labute approximate surface area is 370 Å². The van der Waals surface area contributed by atoms with Crippen LogP contribution in [0.25, 0.3) is 28.1 Å². The Morgan fingerprint density at radius 3 is 1.73 bits per heavy atom. The van der Waals surface area contributed by atoms with Crippen LogP contribution in [-0.4, -0.2) is 94.6 Å². The van der Waals surface area contributed by atoms with Crippen LogP contribution in [0, 0.1) is 28.6 Å². The van der Waals surface area contributed by atoms with Gasteiger partial charge in [-0.3, -0.25) is 38.4 Å². The van der Waals surface area contributed by atoms with Gasteiger partial charge in [0.2, 0.25) is 0 Å². The summed E-state index contributed by atoms with van der Waals surface area (Å²) in [6, 6.07) is -1.09. The predicted octanol–water partition coefficient (Wildman–Crippen LogP) is 5.41. The normalized spacial score (nSPS) is 27.9. The Morgan fingerprint density at radius 2 is 1.16 bits per heavy atom. The third-order valence-electron chi connectivity index (χ3n) is 12.0. The molecule has 5 heterocycles. The molecule has 20 nitrogen and oxygen atoms in total. The van der Waals surface area contributed by atoms with Crippen molar-refractivity contribution in [3.05, 3.63) is 84.7 Å². The SMILES string of the molecule is C[C@]1(CC(=O)O)C(CCC(=O)O)=C2/C=C3\[N-]/C(=C\c4[n-]c(c(CC(=O)O)c4CCC(=O)O)/C=C4\[N-]C(/C=C/1[N-]2)[C@@H](CCC(=O)O)[C@]4(C)CC(=O)O)[C@H](CCC(=O)O)[C@@H]3CC(=O)O.[Fe+4]. The van der Waals surface area contributed by atoms with E-state index < -0.39 is 134 Å². The van der Waals surface area contributed by atoms with Crippen molar-refractivity contribution in [2.24, 2.45) is 28.6 Å². The summed E-state index contributed by atoms with van der Waals surface area (Å²) in [6.45, 7) is 3.07. The molecule has 0 aliphatic carbocycles. The van der Waals surface area contributed by atoms with E-state index in [-0.39, 0.29) is 99.3 Å². The molecule has 0 spiro atoms. The fourth-order valence-corrected chi connectivity index (χ4v) is 9.17. The second kappa shape index (κ2) is 19.8. The molecule has 1 aromatic rings. The molecule has 5 rings (SSSR count). The summed E-state index contributed by atoms with van der Waals surface area (Å²) in [5, 5.41) is 94.2. The Kier molecular flexibility index (Phi) is 15.5. The average Bonchev–Trinajstić information content (AvgIpc) is 3.77. The number of aromatic nitrogens is 1. The topological polar surface area (TPSA) is 355 Å². The maximum Gasteiger partial charge on any atom is 4.00 e. The zero-order chi connectivity index (χ0) is 45.8. The number of nitrogens with zero attached hydrogens (tertiary/aromatic N) is 4. The summed E-state index contributed by atoms with van der Waals surface area (Å²) in [5.74, 6) is -13.0. The molecule has 63 heavy (non-hydrogen) atoms. The fraction of sp³-hybridized carbons (Fsp3) is 0.476. The van der Waals surface area contributed by atoms with Gasteiger partial charge in [-0.15, -0.1) is 23.2 Å². The fourth-order valence-electron chi connectivity index (χ4n) is 9.17. The first kappa shape index (κ1) is 49.3. The van der Waals surface area contributed by atoms with E-state index in [9.17, 15) is 79.2 Å². The van der Waals surface area contributed by atoms with Gasteiger partial charge in [-0.2, -0.15) is 22.8 Å². The zero-order valence-corrected chi connectivity index (χ0v) is 35.2. The molecule has 1 aromatic heterocycles. The smallest absolute Gasteiger partial charge is 0.681 e. The summed E-state index contributed by atoms with van der Waals surface area (Å²) in [5.41, 5.74) is -2.26. The summed E-state index contributed by atoms with van der Waals surface area (Å²) in [7, 11) is 0. The first-order valence-electron chi connectivity index (χ1n) is 19.7. The van der Waals surface area contributed by atoms with Crippen LogP contribution in [0.3, 0.4) is 0 Å². The minimum atomic E-state index is -1.55. The molecule has 21 heteroatoms. The molecule has 0 radical (unpaired) electrons. The molecular weight excluding hydrogens is 872 g/mol. The number of hydrogen-bond acceptors (Lipinski definition) is 8. The van der Waals surface area contributed by atoms with E-state index in [1.165, 1.54) is 31.2 Å². The molecule has 8 N–H and O–H groups in total. The largest absolute Gasteiger partial charge is 4.00 e. The van der Waals surface area contributed by atoms with Crippen LogP contribution >= 0.6 is 0 Å². The number of allylic oxidation sites excluding steroid dienone is 5. The van der Waals surface area contributed by atoms with Crippen molar-refractivity contribution in [2.45, 2.75) is 96.9 Å². The van der Waals surface area contributed by atoms with Crippen LogP contribution in [0.5, 0.6) is 0 Å². The molecule has 338 valence electrons. The van der Waals surface area contributed by atoms with E-state index in [1.54, 1.807) is 6.92 Å². The molecule has 0 saturated carbocycles. The molecule has 4 aliphatic heterocycles. The average molecular weight is 919 g/mol. The van der Waals surface area contributed by atoms with E-state index in [2.05, 4.69) is 0 Å². The van der Waals surface area contributed by atoms with Gasteiger partial charge >= 0.3 is 64.8 Å². The second-order valence-corrected chi connectivity index (χ2v) is 16.3. The number of aliphatic carboxylic acids is 8. The van der Waals surface area contributed by atoms with Gasteiger partial charge in [-0.1, -0.05) is 49.3 Å². The van der Waals surface area contributed by atoms with E-state index in [0.29, 0.717) is 0 Å². The van der Waals surface area contributed by atoms with Gasteiger partial charge in [0.05, 0.1) is 25.7 Å². The third kappa shape index (κ3) is 11.2. The quantitative estimate of drug-likeness (QED) is 0.0757. The van der Waals surface area contributed by atoms with Crippen molar-refractivity contribution >= 4 is 59.9 Å². The standard InChI is InChI=1S/C42H46N4O16.Fe/c1-41(17-39(59)60)23(5-9-35(51)52)29-14-27-21(11-37(55)56)19(3-7-33(47)48)25(43-27)13-26-20(4-8-34(49)50)22(12-38(57)58)28(44-26)15-31-42(2,18-40(61)62)24(6-10-36(53)54)30(46-31)16-32(41)45-29;/h13-16,19,21,24,30H,3-12,17-18H2,1-2H3,(H,47,48)(H,49,50)(H,51,52)(H,53,54)(H,55,56)(H,57,58)(H,59,60)(H,61,62);/q-4;+4/b25-13-,27-14-,31-15-,32-16-;/t19-,21+,24-,30?,41+,42+;/m1./s1. The number of carboxylic acids is 8. The van der Waals surface area contributed by atoms with Gasteiger partial charge in [-0.05, 0) is 54.4 Å². The molecule has 8 bridgehead atoms. The van der Waals surface area contributed by atoms with Crippen molar-refractivity contribution in [3.63, 3.8) is 0 Å². The second-order valence-electron chi connectivity index (χ2n) is 16.3. The summed E-state index contributed by atoms with van der Waals surface area (Å²) < 4.78 is 0. The van der Waals surface area contributed by atoms with Gasteiger partial charge in [0.1, 0.15) is 0 Å². The minimum Gasteiger partial charge on any atom is -0.681 e. The van der Waals surface area contributed by atoms with Gasteiger partial charge in [-0.25, -0.2) is 0 Å². The summed E-state index contributed by atoms with van der Waals surface area (Å²) in [6.07, 6.45) is 0.453. The third-order valence-corrected chi connectivity index (χ3v) is 12.0. The minimum absolute atomic E-state index is 0. The van der Waals surface area contributed by atoms with Crippen LogP contribution in [0.1, 0.15) is 101 Å². The molecule has 2 saturated heterocycles. The number of hydrogen-bond donors (Lipinski definition) is 8. The first-order chi connectivity index (χ1) is 29.0. The molecule has 4 aliphatic rings. The van der Waals surface area contributed by atoms with Gasteiger partial charge in [0, 0.05) is 31.1 Å². The van der Waals surface area contributed by atoms with Crippen LogP contribution in [0.2, 0.25) is 0 Å². The van der Waals surface area contributed by atoms with Gasteiger partial charge < -0.3 is 61.8 Å². The maximum absolute atomic E-state index is 12.6. The predicted molar refractivity (Wildman–Crippen MR) is 214 cm³/mol. The Bertz CT molecular complexity index is 2250. The van der Waals surface area contributed by atoms with Crippen LogP contribution in [0.4, 0.5) is 0 Å². The van der Waals surface area contributed by atoms with E-state index in [1.807, 2.05) is 0 Å². The molecule has 0 amide bonds. The monoisotopic (exact) mass is 918 g/mol. The van der Waals surface area contributed by atoms with Gasteiger partial charge in [0.25, 0.3) is 0 Å². The van der Waals surface area contributed by atoms with Crippen molar-refractivity contribution in [3.8, 4) is 0 Å². The number of carboxylic acid groups (broad SMARTS) is 8. The number of carbonyl (C=O) groups is 8. The maximum atomic E-state index is 12.6. The summed E-state index contributed by atoms with van der Waals surface area (Å²) in [4.78, 5) is 103. The van der Waals surface area contributed by atoms with Crippen LogP contribution in [-0.2, 0) is 68.3 Å². The Balaban J connectivity index is 0.00000871. The molecular formula is C42H46FeN4O16. The van der Waals surface area contributed by atoms with Crippen LogP contribution in [0.15, 0.2) is 46.2 Å². The van der Waals surface area contributed by atoms with E-state index >= 15 is 0 Å². The van der Waals surface area contributed by atoms with Crippen LogP contribution < -0.4 is 4.98 Å². The van der Waals surface area contributed by atoms with Crippen molar-refractivity contribution in [1.29, 1.82) is 0 Å². The molecule has 6 atom stereocenters. The number of rotatable bonds is 20. The first-order valence-corrected chi connectivity index (χ1v) is 19.7. The Hall–Kier alpha value is -6.34. The van der Waals surface area contributed by atoms with E-state index in [4.69, 9.17) is 20.9 Å². The summed E-state index contributed by atoms with van der Waals surface area (Å²) >= 11 is 0. The Morgan fingerprint density at radius 1 is 0.587 bits per heavy atom. The van der Waals surface area contributed by atoms with Crippen molar-refractivity contribution < 1.29 is 96.3 Å². The van der Waals surface area contributed by atoms with Crippen molar-refractivity contribution in [2.75, 3.05) is 0 Å². The number of fused-ring (bicyclic) bond motifs is 8. The molecule has 2 fully saturated rings. The van der Waals surface area contributed by atoms with E-state index in [0.717, 1.165) is 0 Å². The zero-order valence-electron chi connectivity index (χ0n) is 34.1. The van der Waals surface area contributed by atoms with Gasteiger partial charge in [0.15, 0.2) is 0 Å². The molecule has 0 aromatic carbocycles. The van der Waals surface area contributed by atoms with Crippen molar-refractivity contribution in [1.82, 2.24) is 4.98 Å².